The van der Waals surface area contributed by atoms with Crippen LogP contribution in [0.2, 0.25) is 5.02 Å². The Hall–Kier alpha value is -2.04. The summed E-state index contributed by atoms with van der Waals surface area (Å²) >= 11 is 6.06. The Labute approximate surface area is 160 Å². The van der Waals surface area contributed by atoms with Crippen molar-refractivity contribution in [3.8, 4) is 5.75 Å². The first-order valence-electron chi connectivity index (χ1n) is 8.92. The number of halogens is 1. The van der Waals surface area contributed by atoms with Crippen LogP contribution in [0.4, 0.5) is 0 Å². The van der Waals surface area contributed by atoms with Gasteiger partial charge in [-0.05, 0) is 56.3 Å². The lowest BCUT2D eigenvalue weighted by atomic mass is 9.96. The maximum atomic E-state index is 12.6. The summed E-state index contributed by atoms with van der Waals surface area (Å²) in [5.74, 6) is 0.685. The van der Waals surface area contributed by atoms with Crippen molar-refractivity contribution in [2.24, 2.45) is 5.92 Å². The van der Waals surface area contributed by atoms with Crippen molar-refractivity contribution in [2.75, 3.05) is 27.2 Å². The largest absolute Gasteiger partial charge is 0.492 e. The first-order valence-corrected chi connectivity index (χ1v) is 9.30. The quantitative estimate of drug-likeness (QED) is 0.846. The van der Waals surface area contributed by atoms with E-state index in [4.69, 9.17) is 16.3 Å². The molecule has 0 bridgehead atoms. The average Bonchev–Trinajstić information content (AvgIpc) is 2.64. The van der Waals surface area contributed by atoms with Crippen LogP contribution >= 0.6 is 11.6 Å². The van der Waals surface area contributed by atoms with Gasteiger partial charge in [0.05, 0.1) is 5.92 Å². The molecule has 138 valence electrons. The van der Waals surface area contributed by atoms with E-state index in [9.17, 15) is 4.79 Å². The Kier molecular flexibility index (Phi) is 6.17. The van der Waals surface area contributed by atoms with Gasteiger partial charge in [0.25, 0.3) is 0 Å². The number of hydrogen-bond donors (Lipinski definition) is 1. The van der Waals surface area contributed by atoms with Crippen LogP contribution < -0.4 is 10.1 Å². The minimum Gasteiger partial charge on any atom is -0.492 e. The summed E-state index contributed by atoms with van der Waals surface area (Å²) in [6.45, 7) is 1.02. The van der Waals surface area contributed by atoms with Crippen molar-refractivity contribution in [2.45, 2.75) is 18.9 Å². The zero-order chi connectivity index (χ0) is 18.5. The SMILES string of the molecule is CN(C)C(CNC(=O)C1COc2ccc(Cl)cc2C1)Cc1ccccc1. The number of amides is 1. The first-order chi connectivity index (χ1) is 12.5. The van der Waals surface area contributed by atoms with Crippen molar-refractivity contribution in [3.63, 3.8) is 0 Å². The number of rotatable bonds is 6. The molecule has 2 aromatic rings. The van der Waals surface area contributed by atoms with Gasteiger partial charge in [-0.2, -0.15) is 0 Å². The predicted octanol–water partition coefficient (Wildman–Crippen LogP) is 3.18. The molecule has 1 aliphatic heterocycles. The molecule has 1 heterocycles. The fraction of sp³-hybridized carbons (Fsp3) is 0.381. The molecule has 2 unspecified atom stereocenters. The number of carbonyl (C=O) groups excluding carboxylic acids is 1. The Morgan fingerprint density at radius 2 is 2.04 bits per heavy atom. The zero-order valence-electron chi connectivity index (χ0n) is 15.2. The van der Waals surface area contributed by atoms with Gasteiger partial charge in [0.15, 0.2) is 0 Å². The molecule has 0 aliphatic carbocycles. The van der Waals surface area contributed by atoms with E-state index in [0.717, 1.165) is 17.7 Å². The molecule has 0 spiro atoms. The third-order valence-corrected chi connectivity index (χ3v) is 5.09. The maximum absolute atomic E-state index is 12.6. The normalized spacial score (nSPS) is 17.3. The van der Waals surface area contributed by atoms with Crippen LogP contribution in [0.25, 0.3) is 0 Å². The second kappa shape index (κ2) is 8.56. The van der Waals surface area contributed by atoms with Crippen LogP contribution in [0, 0.1) is 5.92 Å². The van der Waals surface area contributed by atoms with E-state index in [2.05, 4.69) is 22.3 Å². The minimum atomic E-state index is -0.180. The van der Waals surface area contributed by atoms with Crippen LogP contribution in [0.15, 0.2) is 48.5 Å². The van der Waals surface area contributed by atoms with Gasteiger partial charge in [-0.15, -0.1) is 0 Å². The molecule has 1 aliphatic rings. The lowest BCUT2D eigenvalue weighted by Gasteiger charge is -2.28. The molecule has 0 fully saturated rings. The molecule has 0 radical (unpaired) electrons. The van der Waals surface area contributed by atoms with E-state index in [-0.39, 0.29) is 17.9 Å². The Morgan fingerprint density at radius 3 is 2.77 bits per heavy atom. The molecule has 0 aromatic heterocycles. The molecular weight excluding hydrogens is 348 g/mol. The second-order valence-corrected chi connectivity index (χ2v) is 7.45. The number of hydrogen-bond acceptors (Lipinski definition) is 3. The lowest BCUT2D eigenvalue weighted by Crippen LogP contribution is -2.45. The van der Waals surface area contributed by atoms with E-state index in [1.165, 1.54) is 5.56 Å². The topological polar surface area (TPSA) is 41.6 Å². The summed E-state index contributed by atoms with van der Waals surface area (Å²) in [5, 5.41) is 3.78. The van der Waals surface area contributed by atoms with Gasteiger partial charge in [-0.25, -0.2) is 0 Å². The van der Waals surface area contributed by atoms with E-state index in [1.807, 2.05) is 50.5 Å². The van der Waals surface area contributed by atoms with Crippen LogP contribution in [0.3, 0.4) is 0 Å². The van der Waals surface area contributed by atoms with Crippen LogP contribution in [-0.4, -0.2) is 44.1 Å². The van der Waals surface area contributed by atoms with Gasteiger partial charge >= 0.3 is 0 Å². The molecule has 5 heteroatoms. The van der Waals surface area contributed by atoms with E-state index in [0.29, 0.717) is 24.6 Å². The fourth-order valence-electron chi connectivity index (χ4n) is 3.22. The number of nitrogens with zero attached hydrogens (tertiary/aromatic N) is 1. The molecule has 2 aromatic carbocycles. The predicted molar refractivity (Wildman–Crippen MR) is 105 cm³/mol. The second-order valence-electron chi connectivity index (χ2n) is 7.02. The Balaban J connectivity index is 1.57. The van der Waals surface area contributed by atoms with Crippen molar-refractivity contribution in [1.82, 2.24) is 10.2 Å². The number of fused-ring (bicyclic) bond motifs is 1. The number of likely N-dealkylation sites (N-methyl/N-ethyl adjacent to an activating group) is 1. The van der Waals surface area contributed by atoms with Gasteiger partial charge in [0.2, 0.25) is 5.91 Å². The molecular formula is C21H25ClN2O2. The minimum absolute atomic E-state index is 0.0375. The van der Waals surface area contributed by atoms with Crippen LogP contribution in [0.5, 0.6) is 5.75 Å². The van der Waals surface area contributed by atoms with Gasteiger partial charge < -0.3 is 15.0 Å². The molecule has 0 saturated heterocycles. The third-order valence-electron chi connectivity index (χ3n) is 4.86. The van der Waals surface area contributed by atoms with E-state index >= 15 is 0 Å². The van der Waals surface area contributed by atoms with Crippen molar-refractivity contribution < 1.29 is 9.53 Å². The zero-order valence-corrected chi connectivity index (χ0v) is 16.0. The Morgan fingerprint density at radius 1 is 1.27 bits per heavy atom. The molecule has 1 N–H and O–H groups in total. The molecule has 3 rings (SSSR count). The highest BCUT2D eigenvalue weighted by Crippen LogP contribution is 2.29. The summed E-state index contributed by atoms with van der Waals surface area (Å²) in [5.41, 5.74) is 2.27. The maximum Gasteiger partial charge on any atom is 0.226 e. The average molecular weight is 373 g/mol. The van der Waals surface area contributed by atoms with Gasteiger partial charge in [-0.3, -0.25) is 4.79 Å². The standard InChI is InChI=1S/C21H25ClN2O2/c1-24(2)19(10-15-6-4-3-5-7-15)13-23-21(25)17-11-16-12-18(22)8-9-20(16)26-14-17/h3-9,12,17,19H,10-11,13-14H2,1-2H3,(H,23,25). The van der Waals surface area contributed by atoms with Crippen molar-refractivity contribution >= 4 is 17.5 Å². The summed E-state index contributed by atoms with van der Waals surface area (Å²) in [4.78, 5) is 14.8. The van der Waals surface area contributed by atoms with Crippen LogP contribution in [-0.2, 0) is 17.6 Å². The first kappa shape index (κ1) is 18.7. The van der Waals surface area contributed by atoms with Crippen molar-refractivity contribution in [3.05, 3.63) is 64.7 Å². The Bertz CT molecular complexity index is 749. The number of nitrogens with one attached hydrogen (secondary N) is 1. The highest BCUT2D eigenvalue weighted by Gasteiger charge is 2.26. The molecule has 4 nitrogen and oxygen atoms in total. The smallest absolute Gasteiger partial charge is 0.226 e. The molecule has 0 saturated carbocycles. The number of ether oxygens (including phenoxy) is 1. The van der Waals surface area contributed by atoms with Gasteiger partial charge in [-0.1, -0.05) is 41.9 Å². The fourth-order valence-corrected chi connectivity index (χ4v) is 3.41. The van der Waals surface area contributed by atoms with Crippen LogP contribution in [0.1, 0.15) is 11.1 Å². The van der Waals surface area contributed by atoms with E-state index in [1.54, 1.807) is 0 Å². The molecule has 26 heavy (non-hydrogen) atoms. The van der Waals surface area contributed by atoms with Crippen molar-refractivity contribution in [1.29, 1.82) is 0 Å². The lowest BCUT2D eigenvalue weighted by molar-refractivity contribution is -0.126. The monoisotopic (exact) mass is 372 g/mol. The number of carbonyl (C=O) groups is 1. The highest BCUT2D eigenvalue weighted by atomic mass is 35.5. The summed E-state index contributed by atoms with van der Waals surface area (Å²) in [6.07, 6.45) is 1.56. The highest BCUT2D eigenvalue weighted by molar-refractivity contribution is 6.30. The molecule has 2 atom stereocenters. The van der Waals surface area contributed by atoms with Gasteiger partial charge in [0, 0.05) is 17.6 Å². The summed E-state index contributed by atoms with van der Waals surface area (Å²) in [7, 11) is 4.09. The third kappa shape index (κ3) is 4.77. The summed E-state index contributed by atoms with van der Waals surface area (Å²) < 4.78 is 5.73. The van der Waals surface area contributed by atoms with E-state index < -0.39 is 0 Å². The summed E-state index contributed by atoms with van der Waals surface area (Å²) in [6, 6.07) is 16.2. The molecule has 1 amide bonds. The van der Waals surface area contributed by atoms with Gasteiger partial charge in [0.1, 0.15) is 12.4 Å². The number of benzene rings is 2.